The maximum absolute atomic E-state index is 12.2. The van der Waals surface area contributed by atoms with Crippen LogP contribution in [0.3, 0.4) is 0 Å². The molecule has 0 atom stereocenters. The van der Waals surface area contributed by atoms with E-state index < -0.39 is 0 Å². The number of nitrogens with one attached hydrogen (secondary N) is 1. The Labute approximate surface area is 155 Å². The number of carbonyl (C=O) groups is 2. The lowest BCUT2D eigenvalue weighted by Gasteiger charge is -2.10. The lowest BCUT2D eigenvalue weighted by molar-refractivity contribution is 0.0950. The van der Waals surface area contributed by atoms with Gasteiger partial charge in [-0.2, -0.15) is 0 Å². The van der Waals surface area contributed by atoms with Crippen molar-refractivity contribution in [3.05, 3.63) is 75.9 Å². The van der Waals surface area contributed by atoms with Crippen LogP contribution in [0.25, 0.3) is 0 Å². The Morgan fingerprint density at radius 3 is 2.54 bits per heavy atom. The summed E-state index contributed by atoms with van der Waals surface area (Å²) in [6.07, 6.45) is 1.56. The second kappa shape index (κ2) is 8.01. The number of ketones is 1. The fourth-order valence-electron chi connectivity index (χ4n) is 2.35. The molecule has 0 spiro atoms. The molecule has 1 amide bonds. The zero-order valence-corrected chi connectivity index (χ0v) is 15.3. The summed E-state index contributed by atoms with van der Waals surface area (Å²) >= 11 is 1.34. The molecule has 26 heavy (non-hydrogen) atoms. The normalized spacial score (nSPS) is 10.7. The summed E-state index contributed by atoms with van der Waals surface area (Å²) in [4.78, 5) is 25.9. The molecule has 0 saturated carbocycles. The second-order valence-corrected chi connectivity index (χ2v) is 7.11. The van der Waals surface area contributed by atoms with Gasteiger partial charge in [-0.05, 0) is 62.4 Å². The van der Waals surface area contributed by atoms with E-state index in [0.29, 0.717) is 22.7 Å². The van der Waals surface area contributed by atoms with Crippen LogP contribution in [0.4, 0.5) is 0 Å². The predicted molar refractivity (Wildman–Crippen MR) is 99.8 cm³/mol. The Hall–Kier alpha value is -2.86. The van der Waals surface area contributed by atoms with Crippen LogP contribution in [0, 0.1) is 0 Å². The van der Waals surface area contributed by atoms with Gasteiger partial charge in [-0.3, -0.25) is 9.59 Å². The highest BCUT2D eigenvalue weighted by atomic mass is 32.1. The number of carbonyl (C=O) groups excluding carboxylic acids is 2. The van der Waals surface area contributed by atoms with Gasteiger partial charge in [0.1, 0.15) is 5.75 Å². The molecule has 1 N–H and O–H groups in total. The summed E-state index contributed by atoms with van der Waals surface area (Å²) in [6, 6.07) is 13.9. The maximum atomic E-state index is 12.2. The maximum Gasteiger partial charge on any atom is 0.251 e. The summed E-state index contributed by atoms with van der Waals surface area (Å²) in [5, 5.41) is 2.86. The third-order valence-electron chi connectivity index (χ3n) is 3.54. The molecule has 0 saturated heterocycles. The zero-order chi connectivity index (χ0) is 18.5. The number of furan rings is 1. The first-order chi connectivity index (χ1) is 12.5. The first-order valence-electron chi connectivity index (χ1n) is 8.25. The first-order valence-corrected chi connectivity index (χ1v) is 9.06. The molecule has 0 aliphatic carbocycles. The van der Waals surface area contributed by atoms with Crippen molar-refractivity contribution < 1.29 is 18.7 Å². The summed E-state index contributed by atoms with van der Waals surface area (Å²) in [5.74, 6) is 0.716. The lowest BCUT2D eigenvalue weighted by Crippen LogP contribution is -2.22. The van der Waals surface area contributed by atoms with E-state index in [9.17, 15) is 9.59 Å². The number of benzene rings is 1. The van der Waals surface area contributed by atoms with Crippen LogP contribution in [0.15, 0.2) is 59.2 Å². The average molecular weight is 369 g/mol. The van der Waals surface area contributed by atoms with Crippen molar-refractivity contribution in [2.24, 2.45) is 0 Å². The van der Waals surface area contributed by atoms with Crippen LogP contribution in [-0.2, 0) is 6.54 Å². The van der Waals surface area contributed by atoms with E-state index in [1.54, 1.807) is 42.5 Å². The number of ether oxygens (including phenoxy) is 1. The number of hydrogen-bond acceptors (Lipinski definition) is 5. The zero-order valence-electron chi connectivity index (χ0n) is 14.5. The molecule has 2 heterocycles. The van der Waals surface area contributed by atoms with Crippen molar-refractivity contribution in [1.29, 1.82) is 0 Å². The van der Waals surface area contributed by atoms with Crippen LogP contribution in [-0.4, -0.2) is 17.8 Å². The molecule has 0 aliphatic rings. The van der Waals surface area contributed by atoms with Gasteiger partial charge >= 0.3 is 0 Å². The fraction of sp³-hybridized carbons (Fsp3) is 0.200. The standard InChI is InChI=1S/C20H19NO4S/c1-13(2)25-15-7-5-14(6-8-15)20(23)21-12-16-9-10-18(26-16)19(22)17-4-3-11-24-17/h3-11,13H,12H2,1-2H3,(H,21,23). The molecule has 0 bridgehead atoms. The van der Waals surface area contributed by atoms with Gasteiger partial charge in [0.05, 0.1) is 23.8 Å². The third kappa shape index (κ3) is 4.40. The minimum absolute atomic E-state index is 0.0894. The molecule has 134 valence electrons. The van der Waals surface area contributed by atoms with E-state index in [-0.39, 0.29) is 17.8 Å². The predicted octanol–water partition coefficient (Wildman–Crippen LogP) is 4.29. The van der Waals surface area contributed by atoms with Crippen molar-refractivity contribution >= 4 is 23.0 Å². The van der Waals surface area contributed by atoms with Gasteiger partial charge in [0.25, 0.3) is 5.91 Å². The smallest absolute Gasteiger partial charge is 0.251 e. The molecule has 5 nitrogen and oxygen atoms in total. The second-order valence-electron chi connectivity index (χ2n) is 5.95. The quantitative estimate of drug-likeness (QED) is 0.631. The van der Waals surface area contributed by atoms with Gasteiger partial charge in [0.2, 0.25) is 5.78 Å². The van der Waals surface area contributed by atoms with Crippen molar-refractivity contribution in [1.82, 2.24) is 5.32 Å². The van der Waals surface area contributed by atoms with E-state index in [2.05, 4.69) is 5.32 Å². The molecule has 2 aromatic heterocycles. The average Bonchev–Trinajstić information content (AvgIpc) is 3.31. The van der Waals surface area contributed by atoms with Crippen LogP contribution in [0.5, 0.6) is 5.75 Å². The molecule has 3 rings (SSSR count). The van der Waals surface area contributed by atoms with Gasteiger partial charge in [0.15, 0.2) is 5.76 Å². The van der Waals surface area contributed by atoms with Crippen molar-refractivity contribution in [2.45, 2.75) is 26.5 Å². The SMILES string of the molecule is CC(C)Oc1ccc(C(=O)NCc2ccc(C(=O)c3ccco3)s2)cc1. The highest BCUT2D eigenvalue weighted by Gasteiger charge is 2.15. The third-order valence-corrected chi connectivity index (χ3v) is 4.63. The monoisotopic (exact) mass is 369 g/mol. The first kappa shape index (κ1) is 17.9. The number of thiophene rings is 1. The fourth-order valence-corrected chi connectivity index (χ4v) is 3.24. The molecule has 6 heteroatoms. The minimum Gasteiger partial charge on any atom is -0.491 e. The van der Waals surface area contributed by atoms with Gasteiger partial charge in [0, 0.05) is 10.4 Å². The highest BCUT2D eigenvalue weighted by molar-refractivity contribution is 7.14. The topological polar surface area (TPSA) is 68.5 Å². The Bertz CT molecular complexity index is 879. The number of rotatable bonds is 7. The minimum atomic E-state index is -0.173. The van der Waals surface area contributed by atoms with Gasteiger partial charge in [-0.15, -0.1) is 11.3 Å². The van der Waals surface area contributed by atoms with Crippen LogP contribution in [0.2, 0.25) is 0 Å². The Morgan fingerprint density at radius 2 is 1.88 bits per heavy atom. The molecule has 0 radical (unpaired) electrons. The van der Waals surface area contributed by atoms with Crippen molar-refractivity contribution in [3.63, 3.8) is 0 Å². The summed E-state index contributed by atoms with van der Waals surface area (Å²) in [6.45, 7) is 4.26. The number of hydrogen-bond donors (Lipinski definition) is 1. The van der Waals surface area contributed by atoms with Gasteiger partial charge < -0.3 is 14.5 Å². The molecule has 0 unspecified atom stereocenters. The summed E-state index contributed by atoms with van der Waals surface area (Å²) in [5.41, 5.74) is 0.560. The van der Waals surface area contributed by atoms with Crippen LogP contribution >= 0.6 is 11.3 Å². The number of amides is 1. The van der Waals surface area contributed by atoms with Crippen molar-refractivity contribution in [2.75, 3.05) is 0 Å². The van der Waals surface area contributed by atoms with E-state index in [1.165, 1.54) is 17.6 Å². The van der Waals surface area contributed by atoms with Crippen molar-refractivity contribution in [3.8, 4) is 5.75 Å². The largest absolute Gasteiger partial charge is 0.491 e. The van der Waals surface area contributed by atoms with Gasteiger partial charge in [-0.1, -0.05) is 0 Å². The molecular weight excluding hydrogens is 350 g/mol. The van der Waals surface area contributed by atoms with Gasteiger partial charge in [-0.25, -0.2) is 0 Å². The summed E-state index contributed by atoms with van der Waals surface area (Å²) < 4.78 is 10.7. The Balaban J connectivity index is 1.57. The Kier molecular flexibility index (Phi) is 5.53. The van der Waals surface area contributed by atoms with E-state index >= 15 is 0 Å². The lowest BCUT2D eigenvalue weighted by atomic mass is 10.2. The molecule has 0 fully saturated rings. The molecule has 0 aliphatic heterocycles. The molecular formula is C20H19NO4S. The molecule has 1 aromatic carbocycles. The van der Waals surface area contributed by atoms with E-state index in [0.717, 1.165) is 10.6 Å². The Morgan fingerprint density at radius 1 is 1.12 bits per heavy atom. The van der Waals surface area contributed by atoms with Crippen LogP contribution in [0.1, 0.15) is 44.5 Å². The molecule has 3 aromatic rings. The van der Waals surface area contributed by atoms with E-state index in [1.807, 2.05) is 19.9 Å². The summed E-state index contributed by atoms with van der Waals surface area (Å²) in [7, 11) is 0. The van der Waals surface area contributed by atoms with E-state index in [4.69, 9.17) is 9.15 Å². The van der Waals surface area contributed by atoms with Crippen LogP contribution < -0.4 is 10.1 Å². The highest BCUT2D eigenvalue weighted by Crippen LogP contribution is 2.20.